The Morgan fingerprint density at radius 1 is 1.03 bits per heavy atom. The van der Waals surface area contributed by atoms with Gasteiger partial charge in [0.05, 0.1) is 24.3 Å². The van der Waals surface area contributed by atoms with Crippen molar-refractivity contribution in [3.63, 3.8) is 0 Å². The minimum Gasteiger partial charge on any atom is -0.487 e. The highest BCUT2D eigenvalue weighted by Crippen LogP contribution is 2.30. The molecule has 0 N–H and O–H groups in total. The first-order valence-electron chi connectivity index (χ1n) is 12.2. The van der Waals surface area contributed by atoms with Gasteiger partial charge in [-0.3, -0.25) is 4.79 Å². The average molecular weight is 792 g/mol. The number of nitrogens with zero attached hydrogens (tertiary/aromatic N) is 3. The standard InChI is InChI=1S/C30H24BrI2N3O2/c1-3-18(2)29-35-27-12-11-22(31)15-24(27)30(37)36(29)34-16-19-13-25(32)28(26(33)14-19)38-17-21-9-6-8-20-7-4-5-10-23(20)21/h4-16,18H,3,17H2,1-2H3/t18-/m1/s1. The Balaban J connectivity index is 1.46. The number of halogens is 3. The van der Waals surface area contributed by atoms with Crippen LogP contribution in [0.4, 0.5) is 0 Å². The Bertz CT molecular complexity index is 1720. The van der Waals surface area contributed by atoms with Crippen molar-refractivity contribution in [2.75, 3.05) is 0 Å². The van der Waals surface area contributed by atoms with Crippen LogP contribution in [0.1, 0.15) is 43.1 Å². The Morgan fingerprint density at radius 3 is 2.53 bits per heavy atom. The first kappa shape index (κ1) is 27.3. The summed E-state index contributed by atoms with van der Waals surface area (Å²) in [4.78, 5) is 18.2. The Morgan fingerprint density at radius 2 is 1.76 bits per heavy atom. The molecule has 0 aliphatic rings. The molecule has 1 atom stereocenters. The number of rotatable bonds is 7. The number of fused-ring (bicyclic) bond motifs is 2. The highest BCUT2D eigenvalue weighted by molar-refractivity contribution is 14.1. The SMILES string of the molecule is CC[C@@H](C)c1nc2ccc(Br)cc2c(=O)n1N=Cc1cc(I)c(OCc2cccc3ccccc23)c(I)c1. The summed E-state index contributed by atoms with van der Waals surface area (Å²) in [6.07, 6.45) is 2.57. The van der Waals surface area contributed by atoms with Gasteiger partial charge >= 0.3 is 0 Å². The molecule has 38 heavy (non-hydrogen) atoms. The van der Waals surface area contributed by atoms with E-state index >= 15 is 0 Å². The minimum atomic E-state index is -0.178. The predicted octanol–water partition coefficient (Wildman–Crippen LogP) is 8.50. The summed E-state index contributed by atoms with van der Waals surface area (Å²) in [5.74, 6) is 1.58. The van der Waals surface area contributed by atoms with Crippen molar-refractivity contribution in [3.05, 3.63) is 112 Å². The maximum atomic E-state index is 13.4. The number of hydrogen-bond donors (Lipinski definition) is 0. The van der Waals surface area contributed by atoms with E-state index in [2.05, 4.69) is 116 Å². The highest BCUT2D eigenvalue weighted by Gasteiger charge is 2.16. The predicted molar refractivity (Wildman–Crippen MR) is 176 cm³/mol. The van der Waals surface area contributed by atoms with E-state index in [1.165, 1.54) is 15.4 Å². The molecule has 1 aromatic heterocycles. The van der Waals surface area contributed by atoms with Gasteiger partial charge in [0.2, 0.25) is 0 Å². The Kier molecular flexibility index (Phi) is 8.49. The molecule has 0 saturated heterocycles. The van der Waals surface area contributed by atoms with Crippen molar-refractivity contribution in [3.8, 4) is 5.75 Å². The van der Waals surface area contributed by atoms with E-state index in [1.807, 2.05) is 30.3 Å². The number of aromatic nitrogens is 2. The zero-order valence-electron chi connectivity index (χ0n) is 20.8. The van der Waals surface area contributed by atoms with E-state index in [9.17, 15) is 4.79 Å². The molecule has 5 rings (SSSR count). The second-order valence-electron chi connectivity index (χ2n) is 9.04. The molecule has 0 bridgehead atoms. The number of ether oxygens (including phenoxy) is 1. The smallest absolute Gasteiger partial charge is 0.282 e. The molecule has 0 amide bonds. The molecule has 0 aliphatic heterocycles. The molecular formula is C30H24BrI2N3O2. The third-order valence-electron chi connectivity index (χ3n) is 6.48. The van der Waals surface area contributed by atoms with Gasteiger partial charge in [-0.25, -0.2) is 4.98 Å². The van der Waals surface area contributed by atoms with Crippen LogP contribution in [-0.2, 0) is 6.61 Å². The van der Waals surface area contributed by atoms with Crippen LogP contribution in [0, 0.1) is 7.14 Å². The monoisotopic (exact) mass is 791 g/mol. The zero-order valence-corrected chi connectivity index (χ0v) is 26.7. The maximum absolute atomic E-state index is 13.4. The van der Waals surface area contributed by atoms with Gasteiger partial charge < -0.3 is 4.74 Å². The molecule has 4 aromatic carbocycles. The van der Waals surface area contributed by atoms with E-state index in [1.54, 1.807) is 12.3 Å². The van der Waals surface area contributed by atoms with Gasteiger partial charge in [0, 0.05) is 10.4 Å². The summed E-state index contributed by atoms with van der Waals surface area (Å²) in [5.41, 5.74) is 2.53. The molecule has 0 unspecified atom stereocenters. The molecule has 0 aliphatic carbocycles. The van der Waals surface area contributed by atoms with Crippen molar-refractivity contribution in [1.29, 1.82) is 0 Å². The fourth-order valence-corrected chi connectivity index (χ4v) is 6.75. The van der Waals surface area contributed by atoms with E-state index in [0.717, 1.165) is 34.9 Å². The lowest BCUT2D eigenvalue weighted by molar-refractivity contribution is 0.303. The van der Waals surface area contributed by atoms with Crippen molar-refractivity contribution in [2.24, 2.45) is 5.10 Å². The minimum absolute atomic E-state index is 0.0815. The third kappa shape index (κ3) is 5.67. The summed E-state index contributed by atoms with van der Waals surface area (Å²) < 4.78 is 10.5. The molecule has 0 saturated carbocycles. The van der Waals surface area contributed by atoms with Crippen molar-refractivity contribution in [1.82, 2.24) is 9.66 Å². The maximum Gasteiger partial charge on any atom is 0.282 e. The largest absolute Gasteiger partial charge is 0.487 e. The van der Waals surface area contributed by atoms with Crippen LogP contribution in [0.2, 0.25) is 0 Å². The number of benzene rings is 4. The second-order valence-corrected chi connectivity index (χ2v) is 12.3. The Labute approximate surface area is 256 Å². The summed E-state index contributed by atoms with van der Waals surface area (Å²) in [6.45, 7) is 4.62. The Hall–Kier alpha value is -2.31. The van der Waals surface area contributed by atoms with Crippen LogP contribution in [0.3, 0.4) is 0 Å². The molecular weight excluding hydrogens is 768 g/mol. The van der Waals surface area contributed by atoms with Gasteiger partial charge in [-0.05, 0) is 104 Å². The van der Waals surface area contributed by atoms with Gasteiger partial charge in [0.25, 0.3) is 5.56 Å². The average Bonchev–Trinajstić information content (AvgIpc) is 2.92. The van der Waals surface area contributed by atoms with Gasteiger partial charge in [0.15, 0.2) is 0 Å². The lowest BCUT2D eigenvalue weighted by atomic mass is 10.1. The van der Waals surface area contributed by atoms with Crippen LogP contribution in [0.15, 0.2) is 87.2 Å². The molecule has 5 nitrogen and oxygen atoms in total. The summed E-state index contributed by atoms with van der Waals surface area (Å²) >= 11 is 8.05. The van der Waals surface area contributed by atoms with E-state index in [-0.39, 0.29) is 11.5 Å². The molecule has 5 aromatic rings. The van der Waals surface area contributed by atoms with Crippen LogP contribution in [0.5, 0.6) is 5.75 Å². The van der Waals surface area contributed by atoms with Gasteiger partial charge in [-0.15, -0.1) is 0 Å². The van der Waals surface area contributed by atoms with Crippen molar-refractivity contribution >= 4 is 89.0 Å². The van der Waals surface area contributed by atoms with Crippen molar-refractivity contribution < 1.29 is 4.74 Å². The quantitative estimate of drug-likeness (QED) is 0.123. The molecule has 1 heterocycles. The fraction of sp³-hybridized carbons (Fsp3) is 0.167. The van der Waals surface area contributed by atoms with Crippen molar-refractivity contribution in [2.45, 2.75) is 32.8 Å². The zero-order chi connectivity index (χ0) is 26.8. The van der Waals surface area contributed by atoms with Gasteiger partial charge in [0.1, 0.15) is 18.2 Å². The summed E-state index contributed by atoms with van der Waals surface area (Å²) in [5, 5.41) is 7.55. The lowest BCUT2D eigenvalue weighted by Crippen LogP contribution is -2.23. The second kappa shape index (κ2) is 11.8. The van der Waals surface area contributed by atoms with E-state index < -0.39 is 0 Å². The molecule has 0 spiro atoms. The van der Waals surface area contributed by atoms with Crippen LogP contribution in [0.25, 0.3) is 21.7 Å². The molecule has 8 heteroatoms. The van der Waals surface area contributed by atoms with Crippen LogP contribution >= 0.6 is 61.1 Å². The van der Waals surface area contributed by atoms with Crippen LogP contribution < -0.4 is 10.3 Å². The number of hydrogen-bond acceptors (Lipinski definition) is 4. The summed E-state index contributed by atoms with van der Waals surface area (Å²) in [7, 11) is 0. The molecule has 0 radical (unpaired) electrons. The fourth-order valence-electron chi connectivity index (χ4n) is 4.26. The van der Waals surface area contributed by atoms with Gasteiger partial charge in [-0.1, -0.05) is 72.2 Å². The highest BCUT2D eigenvalue weighted by atomic mass is 127. The molecule has 192 valence electrons. The van der Waals surface area contributed by atoms with Crippen LogP contribution in [-0.4, -0.2) is 15.9 Å². The molecule has 0 fully saturated rings. The first-order chi connectivity index (χ1) is 18.4. The summed E-state index contributed by atoms with van der Waals surface area (Å²) in [6, 6.07) is 24.2. The van der Waals surface area contributed by atoms with E-state index in [0.29, 0.717) is 23.3 Å². The third-order valence-corrected chi connectivity index (χ3v) is 8.58. The topological polar surface area (TPSA) is 56.5 Å². The van der Waals surface area contributed by atoms with E-state index in [4.69, 9.17) is 9.72 Å². The lowest BCUT2D eigenvalue weighted by Gasteiger charge is -2.14. The first-order valence-corrected chi connectivity index (χ1v) is 15.2. The normalized spacial score (nSPS) is 12.4. The van der Waals surface area contributed by atoms with Gasteiger partial charge in [-0.2, -0.15) is 9.78 Å².